The zero-order chi connectivity index (χ0) is 25.1. The van der Waals surface area contributed by atoms with E-state index in [1.54, 1.807) is 12.1 Å². The van der Waals surface area contributed by atoms with Gasteiger partial charge in [-0.15, -0.1) is 0 Å². The molecule has 3 aromatic rings. The van der Waals surface area contributed by atoms with E-state index in [0.29, 0.717) is 10.7 Å². The Labute approximate surface area is 207 Å². The molecule has 0 aliphatic rings. The zero-order valence-corrected chi connectivity index (χ0v) is 21.7. The van der Waals surface area contributed by atoms with Crippen molar-refractivity contribution in [2.24, 2.45) is 0 Å². The van der Waals surface area contributed by atoms with Crippen molar-refractivity contribution in [1.29, 1.82) is 0 Å². The smallest absolute Gasteiger partial charge is 0.264 e. The maximum absolute atomic E-state index is 13.5. The molecular weight excluding hydrogens is 468 g/mol. The molecule has 0 aromatic heterocycles. The van der Waals surface area contributed by atoms with E-state index in [0.717, 1.165) is 15.4 Å². The van der Waals surface area contributed by atoms with Gasteiger partial charge in [-0.05, 0) is 66.8 Å². The van der Waals surface area contributed by atoms with Crippen LogP contribution < -0.4 is 9.62 Å². The van der Waals surface area contributed by atoms with E-state index in [1.165, 1.54) is 29.8 Å². The molecule has 34 heavy (non-hydrogen) atoms. The molecule has 1 atom stereocenters. The van der Waals surface area contributed by atoms with Crippen LogP contribution in [0.25, 0.3) is 0 Å². The SMILES string of the molecule is Cc1ccc(N(CC(=O)N[C@@H](C)c2ccc(C(C)(C)C)cc2)S(=O)(=O)c2ccc(Cl)cc2)cc1. The van der Waals surface area contributed by atoms with Crippen LogP contribution >= 0.6 is 11.6 Å². The second-order valence-corrected chi connectivity index (χ2v) is 11.8. The Morgan fingerprint density at radius 1 is 0.941 bits per heavy atom. The van der Waals surface area contributed by atoms with Gasteiger partial charge in [-0.3, -0.25) is 9.10 Å². The van der Waals surface area contributed by atoms with Crippen LogP contribution in [0.2, 0.25) is 5.02 Å². The van der Waals surface area contributed by atoms with Gasteiger partial charge in [0, 0.05) is 5.02 Å². The number of aryl methyl sites for hydroxylation is 1. The predicted octanol–water partition coefficient (Wildman–Crippen LogP) is 6.02. The first-order chi connectivity index (χ1) is 15.9. The minimum atomic E-state index is -3.99. The van der Waals surface area contributed by atoms with Gasteiger partial charge in [-0.25, -0.2) is 8.42 Å². The lowest BCUT2D eigenvalue weighted by Crippen LogP contribution is -2.41. The Kier molecular flexibility index (Phi) is 7.74. The van der Waals surface area contributed by atoms with Gasteiger partial charge in [0.25, 0.3) is 10.0 Å². The summed E-state index contributed by atoms with van der Waals surface area (Å²) in [5.74, 6) is -0.398. The van der Waals surface area contributed by atoms with Gasteiger partial charge >= 0.3 is 0 Å². The highest BCUT2D eigenvalue weighted by molar-refractivity contribution is 7.92. The number of hydrogen-bond acceptors (Lipinski definition) is 3. The minimum absolute atomic E-state index is 0.0373. The summed E-state index contributed by atoms with van der Waals surface area (Å²) < 4.78 is 28.0. The van der Waals surface area contributed by atoms with Crippen LogP contribution in [0.1, 0.15) is 50.4 Å². The molecular formula is C27H31ClN2O3S. The molecule has 0 fully saturated rings. The van der Waals surface area contributed by atoms with Gasteiger partial charge in [0.15, 0.2) is 0 Å². The topological polar surface area (TPSA) is 66.5 Å². The third kappa shape index (κ3) is 6.19. The number of anilines is 1. The van der Waals surface area contributed by atoms with Gasteiger partial charge in [0.2, 0.25) is 5.91 Å². The quantitative estimate of drug-likeness (QED) is 0.433. The van der Waals surface area contributed by atoms with Gasteiger partial charge in [0.05, 0.1) is 16.6 Å². The summed E-state index contributed by atoms with van der Waals surface area (Å²) in [6.07, 6.45) is 0. The summed E-state index contributed by atoms with van der Waals surface area (Å²) in [5.41, 5.74) is 3.59. The average Bonchev–Trinajstić information content (AvgIpc) is 2.78. The first-order valence-electron chi connectivity index (χ1n) is 11.1. The molecule has 5 nitrogen and oxygen atoms in total. The van der Waals surface area contributed by atoms with E-state index in [1.807, 2.05) is 38.1 Å². The molecule has 0 aliphatic heterocycles. The van der Waals surface area contributed by atoms with Crippen molar-refractivity contribution in [3.05, 3.63) is 94.5 Å². The summed E-state index contributed by atoms with van der Waals surface area (Å²) in [7, 11) is -3.99. The summed E-state index contributed by atoms with van der Waals surface area (Å²) in [4.78, 5) is 13.1. The molecule has 1 N–H and O–H groups in total. The number of sulfonamides is 1. The largest absolute Gasteiger partial charge is 0.348 e. The number of carbonyl (C=O) groups is 1. The van der Waals surface area contributed by atoms with E-state index in [4.69, 9.17) is 11.6 Å². The Morgan fingerprint density at radius 2 is 1.50 bits per heavy atom. The van der Waals surface area contributed by atoms with Crippen molar-refractivity contribution < 1.29 is 13.2 Å². The molecule has 3 aromatic carbocycles. The molecule has 0 saturated carbocycles. The predicted molar refractivity (Wildman–Crippen MR) is 139 cm³/mol. The second-order valence-electron chi connectivity index (χ2n) is 9.46. The Morgan fingerprint density at radius 3 is 2.03 bits per heavy atom. The molecule has 7 heteroatoms. The normalized spacial score (nSPS) is 12.8. The van der Waals surface area contributed by atoms with Crippen LogP contribution in [-0.4, -0.2) is 20.9 Å². The Hall–Kier alpha value is -2.83. The fraction of sp³-hybridized carbons (Fsp3) is 0.296. The number of carbonyl (C=O) groups excluding carboxylic acids is 1. The number of hydrogen-bond donors (Lipinski definition) is 1. The van der Waals surface area contributed by atoms with Crippen LogP contribution in [0.3, 0.4) is 0 Å². The van der Waals surface area contributed by atoms with Crippen LogP contribution in [0.15, 0.2) is 77.7 Å². The molecule has 0 bridgehead atoms. The monoisotopic (exact) mass is 498 g/mol. The first-order valence-corrected chi connectivity index (χ1v) is 12.9. The van der Waals surface area contributed by atoms with Crippen molar-refractivity contribution in [2.75, 3.05) is 10.8 Å². The van der Waals surface area contributed by atoms with E-state index < -0.39 is 15.9 Å². The number of halogens is 1. The highest BCUT2D eigenvalue weighted by atomic mass is 35.5. The first kappa shape index (κ1) is 25.8. The summed E-state index contributed by atoms with van der Waals surface area (Å²) in [6.45, 7) is 9.89. The highest BCUT2D eigenvalue weighted by Crippen LogP contribution is 2.26. The van der Waals surface area contributed by atoms with Gasteiger partial charge < -0.3 is 5.32 Å². The van der Waals surface area contributed by atoms with Crippen molar-refractivity contribution in [1.82, 2.24) is 5.32 Å². The third-order valence-electron chi connectivity index (χ3n) is 5.67. The fourth-order valence-corrected chi connectivity index (χ4v) is 5.08. The van der Waals surface area contributed by atoms with Crippen molar-refractivity contribution in [3.63, 3.8) is 0 Å². The summed E-state index contributed by atoms with van der Waals surface area (Å²) >= 11 is 5.94. The molecule has 3 rings (SSSR count). The number of nitrogens with one attached hydrogen (secondary N) is 1. The van der Waals surface area contributed by atoms with Gasteiger partial charge in [-0.1, -0.05) is 74.3 Å². The standard InChI is InChI=1S/C27H31ClN2O3S/c1-19-6-14-24(15-7-19)30(34(32,33)25-16-12-23(28)13-17-25)18-26(31)29-20(2)21-8-10-22(11-9-21)27(3,4)5/h6-17,20H,18H2,1-5H3,(H,29,31)/t20-/m0/s1. The van der Waals surface area contributed by atoms with Crippen LogP contribution in [-0.2, 0) is 20.2 Å². The molecule has 0 heterocycles. The molecule has 0 saturated heterocycles. The van der Waals surface area contributed by atoms with Crippen LogP contribution in [0, 0.1) is 6.92 Å². The zero-order valence-electron chi connectivity index (χ0n) is 20.2. The number of benzene rings is 3. The van der Waals surface area contributed by atoms with Crippen molar-refractivity contribution in [3.8, 4) is 0 Å². The summed E-state index contributed by atoms with van der Waals surface area (Å²) in [5, 5.41) is 3.37. The number of nitrogens with zero attached hydrogens (tertiary/aromatic N) is 1. The van der Waals surface area contributed by atoms with Gasteiger partial charge in [0.1, 0.15) is 6.54 Å². The lowest BCUT2D eigenvalue weighted by Gasteiger charge is -2.25. The molecule has 0 spiro atoms. The third-order valence-corrected chi connectivity index (χ3v) is 7.71. The highest BCUT2D eigenvalue weighted by Gasteiger charge is 2.28. The van der Waals surface area contributed by atoms with E-state index >= 15 is 0 Å². The molecule has 1 amide bonds. The molecule has 180 valence electrons. The summed E-state index contributed by atoms with van der Waals surface area (Å²) in [6, 6.07) is 20.8. The maximum Gasteiger partial charge on any atom is 0.264 e. The lowest BCUT2D eigenvalue weighted by atomic mass is 9.86. The number of rotatable bonds is 7. The maximum atomic E-state index is 13.5. The Bertz CT molecular complexity index is 1230. The lowest BCUT2D eigenvalue weighted by molar-refractivity contribution is -0.120. The van der Waals surface area contributed by atoms with Crippen molar-refractivity contribution >= 4 is 33.2 Å². The van der Waals surface area contributed by atoms with E-state index in [9.17, 15) is 13.2 Å². The molecule has 0 unspecified atom stereocenters. The fourth-order valence-electron chi connectivity index (χ4n) is 3.53. The van der Waals surface area contributed by atoms with Crippen LogP contribution in [0.4, 0.5) is 5.69 Å². The second kappa shape index (κ2) is 10.2. The van der Waals surface area contributed by atoms with Crippen molar-refractivity contribution in [2.45, 2.75) is 51.0 Å². The molecule has 0 aliphatic carbocycles. The minimum Gasteiger partial charge on any atom is -0.348 e. The molecule has 0 radical (unpaired) electrons. The number of amides is 1. The van der Waals surface area contributed by atoms with E-state index in [2.05, 4.69) is 38.2 Å². The average molecular weight is 499 g/mol. The van der Waals surface area contributed by atoms with Crippen LogP contribution in [0.5, 0.6) is 0 Å². The van der Waals surface area contributed by atoms with Gasteiger partial charge in [-0.2, -0.15) is 0 Å². The Balaban J connectivity index is 1.84. The van der Waals surface area contributed by atoms with E-state index in [-0.39, 0.29) is 22.9 Å².